The molecule has 0 radical (unpaired) electrons. The lowest BCUT2D eigenvalue weighted by Crippen LogP contribution is -2.30. The van der Waals surface area contributed by atoms with E-state index in [0.29, 0.717) is 12.2 Å². The Labute approximate surface area is 167 Å². The summed E-state index contributed by atoms with van der Waals surface area (Å²) < 4.78 is 7.21. The molecular weight excluding hydrogens is 366 g/mol. The Hall–Kier alpha value is -3.74. The minimum absolute atomic E-state index is 0.0579. The van der Waals surface area contributed by atoms with Gasteiger partial charge in [0.2, 0.25) is 0 Å². The zero-order valence-corrected chi connectivity index (χ0v) is 15.9. The number of aromatic nitrogens is 3. The van der Waals surface area contributed by atoms with Crippen molar-refractivity contribution in [1.29, 1.82) is 0 Å². The molecule has 7 heteroatoms. The van der Waals surface area contributed by atoms with Crippen molar-refractivity contribution in [3.05, 3.63) is 83.8 Å². The molecule has 0 N–H and O–H groups in total. The minimum atomic E-state index is -0.274. The number of amides is 1. The number of hydrazone groups is 1. The molecule has 4 aromatic rings. The maximum atomic E-state index is 13.2. The van der Waals surface area contributed by atoms with Crippen molar-refractivity contribution in [2.75, 3.05) is 0 Å². The lowest BCUT2D eigenvalue weighted by atomic mass is 10.0. The first-order valence-electron chi connectivity index (χ1n) is 9.47. The van der Waals surface area contributed by atoms with E-state index in [0.717, 1.165) is 22.3 Å². The van der Waals surface area contributed by atoms with Gasteiger partial charge in [-0.3, -0.25) is 4.79 Å². The largest absolute Gasteiger partial charge is 0.467 e. The molecule has 0 bridgehead atoms. The topological polar surface area (TPSA) is 76.5 Å². The molecule has 1 aliphatic heterocycles. The molecule has 1 atom stereocenters. The van der Waals surface area contributed by atoms with Gasteiger partial charge in [-0.05, 0) is 36.8 Å². The molecule has 0 fully saturated rings. The van der Waals surface area contributed by atoms with Gasteiger partial charge >= 0.3 is 0 Å². The summed E-state index contributed by atoms with van der Waals surface area (Å²) in [5, 5.41) is 14.4. The van der Waals surface area contributed by atoms with E-state index in [2.05, 4.69) is 15.4 Å². The van der Waals surface area contributed by atoms with Crippen molar-refractivity contribution in [3.63, 3.8) is 0 Å². The molecule has 1 unspecified atom stereocenters. The first-order valence-corrected chi connectivity index (χ1v) is 9.47. The van der Waals surface area contributed by atoms with Crippen LogP contribution in [0, 0.1) is 6.92 Å². The Morgan fingerprint density at radius 3 is 2.72 bits per heavy atom. The summed E-state index contributed by atoms with van der Waals surface area (Å²) in [5.41, 5.74) is 4.63. The predicted molar refractivity (Wildman–Crippen MR) is 108 cm³/mol. The van der Waals surface area contributed by atoms with Gasteiger partial charge in [0, 0.05) is 6.42 Å². The summed E-state index contributed by atoms with van der Waals surface area (Å²) in [5.74, 6) is 0.553. The fraction of sp³-hybridized carbons (Fsp3) is 0.182. The van der Waals surface area contributed by atoms with Crippen LogP contribution in [0.3, 0.4) is 0 Å². The highest BCUT2D eigenvalue weighted by Crippen LogP contribution is 2.33. The van der Waals surface area contributed by atoms with E-state index in [1.807, 2.05) is 67.6 Å². The van der Waals surface area contributed by atoms with Gasteiger partial charge in [-0.15, -0.1) is 5.10 Å². The molecule has 0 saturated carbocycles. The molecule has 1 aliphatic rings. The fourth-order valence-electron chi connectivity index (χ4n) is 3.60. The third kappa shape index (κ3) is 3.20. The third-order valence-corrected chi connectivity index (χ3v) is 5.13. The van der Waals surface area contributed by atoms with Crippen LogP contribution in [-0.2, 0) is 11.3 Å². The SMILES string of the molecule is Cc1ccc(C2=NN(C(=O)Cn3nnc4ccccc43)C(c3ccco3)C2)cc1. The number of carbonyl (C=O) groups excluding carboxylic acids is 1. The summed E-state index contributed by atoms with van der Waals surface area (Å²) in [4.78, 5) is 13.2. The molecule has 3 heterocycles. The molecule has 7 nitrogen and oxygen atoms in total. The van der Waals surface area contributed by atoms with Crippen molar-refractivity contribution < 1.29 is 9.21 Å². The highest BCUT2D eigenvalue weighted by Gasteiger charge is 2.35. The van der Waals surface area contributed by atoms with Crippen molar-refractivity contribution in [2.24, 2.45) is 5.10 Å². The Morgan fingerprint density at radius 2 is 1.93 bits per heavy atom. The van der Waals surface area contributed by atoms with Gasteiger partial charge in [0.25, 0.3) is 5.91 Å². The summed E-state index contributed by atoms with van der Waals surface area (Å²) in [6, 6.07) is 19.2. The monoisotopic (exact) mass is 385 g/mol. The predicted octanol–water partition coefficient (Wildman–Crippen LogP) is 3.71. The smallest absolute Gasteiger partial charge is 0.265 e. The Morgan fingerprint density at radius 1 is 1.10 bits per heavy atom. The second kappa shape index (κ2) is 7.01. The standard InChI is InChI=1S/C22H19N5O2/c1-15-8-10-16(11-9-15)18-13-20(21-7-4-12-29-21)27(24-18)22(28)14-26-19-6-3-2-5-17(19)23-25-26/h2-12,20H,13-14H2,1H3. The first kappa shape index (κ1) is 17.4. The van der Waals surface area contributed by atoms with Crippen molar-refractivity contribution >= 4 is 22.7 Å². The molecule has 29 heavy (non-hydrogen) atoms. The van der Waals surface area contributed by atoms with Gasteiger partial charge in [0.05, 0.1) is 17.5 Å². The zero-order chi connectivity index (χ0) is 19.8. The van der Waals surface area contributed by atoms with Crippen LogP contribution < -0.4 is 0 Å². The van der Waals surface area contributed by atoms with Gasteiger partial charge in [-0.1, -0.05) is 47.2 Å². The molecule has 2 aromatic heterocycles. The number of carbonyl (C=O) groups is 1. The second-order valence-electron chi connectivity index (χ2n) is 7.12. The lowest BCUT2D eigenvalue weighted by Gasteiger charge is -2.19. The molecule has 0 spiro atoms. The highest BCUT2D eigenvalue weighted by molar-refractivity contribution is 6.03. The van der Waals surface area contributed by atoms with Gasteiger partial charge < -0.3 is 4.42 Å². The van der Waals surface area contributed by atoms with Crippen molar-refractivity contribution in [1.82, 2.24) is 20.0 Å². The molecular formula is C22H19N5O2. The fourth-order valence-corrected chi connectivity index (χ4v) is 3.60. The molecule has 1 amide bonds. The number of nitrogens with zero attached hydrogens (tertiary/aromatic N) is 5. The Kier molecular flexibility index (Phi) is 4.20. The summed E-state index contributed by atoms with van der Waals surface area (Å²) in [7, 11) is 0. The molecule has 0 saturated heterocycles. The van der Waals surface area contributed by atoms with Crippen LogP contribution in [0.15, 0.2) is 76.4 Å². The van der Waals surface area contributed by atoms with Crippen LogP contribution in [0.2, 0.25) is 0 Å². The van der Waals surface area contributed by atoms with Crippen LogP contribution >= 0.6 is 0 Å². The number of hydrogen-bond acceptors (Lipinski definition) is 5. The van der Waals surface area contributed by atoms with E-state index in [9.17, 15) is 4.79 Å². The number of para-hydroxylation sites is 1. The number of aryl methyl sites for hydroxylation is 1. The number of rotatable bonds is 4. The number of hydrogen-bond donors (Lipinski definition) is 0. The van der Waals surface area contributed by atoms with Crippen LogP contribution in [0.4, 0.5) is 0 Å². The Balaban J connectivity index is 1.47. The van der Waals surface area contributed by atoms with Crippen molar-refractivity contribution in [3.8, 4) is 0 Å². The van der Waals surface area contributed by atoms with E-state index in [1.54, 1.807) is 10.9 Å². The molecule has 5 rings (SSSR count). The van der Waals surface area contributed by atoms with Crippen LogP contribution in [0.5, 0.6) is 0 Å². The van der Waals surface area contributed by atoms with Crippen LogP contribution in [0.25, 0.3) is 11.0 Å². The van der Waals surface area contributed by atoms with Crippen molar-refractivity contribution in [2.45, 2.75) is 25.9 Å². The molecule has 0 aliphatic carbocycles. The van der Waals surface area contributed by atoms with Gasteiger partial charge in [-0.2, -0.15) is 5.10 Å². The summed E-state index contributed by atoms with van der Waals surface area (Å²) in [6.45, 7) is 2.10. The number of benzene rings is 2. The van der Waals surface area contributed by atoms with E-state index >= 15 is 0 Å². The van der Waals surface area contributed by atoms with Gasteiger partial charge in [-0.25, -0.2) is 9.69 Å². The van der Waals surface area contributed by atoms with E-state index in [1.165, 1.54) is 10.6 Å². The minimum Gasteiger partial charge on any atom is -0.467 e. The van der Waals surface area contributed by atoms with Crippen LogP contribution in [-0.4, -0.2) is 31.6 Å². The quantitative estimate of drug-likeness (QED) is 0.537. The third-order valence-electron chi connectivity index (χ3n) is 5.13. The maximum Gasteiger partial charge on any atom is 0.265 e. The van der Waals surface area contributed by atoms with Gasteiger partial charge in [0.15, 0.2) is 0 Å². The molecule has 2 aromatic carbocycles. The number of fused-ring (bicyclic) bond motifs is 1. The van der Waals surface area contributed by atoms with E-state index in [-0.39, 0.29) is 18.5 Å². The zero-order valence-electron chi connectivity index (χ0n) is 15.9. The molecule has 144 valence electrons. The van der Waals surface area contributed by atoms with Gasteiger partial charge in [0.1, 0.15) is 23.9 Å². The summed E-state index contributed by atoms with van der Waals surface area (Å²) >= 11 is 0. The van der Waals surface area contributed by atoms with Crippen LogP contribution in [0.1, 0.15) is 29.3 Å². The lowest BCUT2D eigenvalue weighted by molar-refractivity contribution is -0.134. The summed E-state index contributed by atoms with van der Waals surface area (Å²) in [6.07, 6.45) is 2.22. The second-order valence-corrected chi connectivity index (χ2v) is 7.12. The normalized spacial score (nSPS) is 16.4. The van der Waals surface area contributed by atoms with E-state index in [4.69, 9.17) is 4.42 Å². The van der Waals surface area contributed by atoms with E-state index < -0.39 is 0 Å². The Bertz CT molecular complexity index is 1190. The number of furan rings is 1. The highest BCUT2D eigenvalue weighted by atomic mass is 16.3. The maximum absolute atomic E-state index is 13.2. The average molecular weight is 385 g/mol. The first-order chi connectivity index (χ1) is 14.2. The average Bonchev–Trinajstić information content (AvgIpc) is 3.48.